The lowest BCUT2D eigenvalue weighted by Crippen LogP contribution is -2.14. The van der Waals surface area contributed by atoms with Crippen molar-refractivity contribution in [1.82, 2.24) is 10.1 Å². The molecule has 2 atom stereocenters. The number of halogens is 1. The van der Waals surface area contributed by atoms with Crippen molar-refractivity contribution >= 4 is 11.6 Å². The maximum Gasteiger partial charge on any atom is 0.241 e. The summed E-state index contributed by atoms with van der Waals surface area (Å²) in [5.41, 5.74) is 0. The fourth-order valence-electron chi connectivity index (χ4n) is 2.38. The topological polar surface area (TPSA) is 38.9 Å². The minimum Gasteiger partial charge on any atom is -0.338 e. The molecule has 0 N–H and O–H groups in total. The summed E-state index contributed by atoms with van der Waals surface area (Å²) < 4.78 is 5.04. The van der Waals surface area contributed by atoms with Crippen LogP contribution in [0.25, 0.3) is 0 Å². The first kappa shape index (κ1) is 10.9. The first-order valence-electron chi connectivity index (χ1n) is 5.72. The third-order valence-electron chi connectivity index (χ3n) is 3.32. The molecule has 1 aliphatic rings. The average Bonchev–Trinajstić information content (AvgIpc) is 2.78. The molecule has 4 heteroatoms. The summed E-state index contributed by atoms with van der Waals surface area (Å²) in [6.07, 6.45) is 6.30. The van der Waals surface area contributed by atoms with Crippen LogP contribution >= 0.6 is 11.6 Å². The Hall–Kier alpha value is -0.570. The molecule has 1 heterocycles. The lowest BCUT2D eigenvalue weighted by atomic mass is 9.80. The largest absolute Gasteiger partial charge is 0.338 e. The van der Waals surface area contributed by atoms with Crippen molar-refractivity contribution in [1.29, 1.82) is 0 Å². The first-order chi connectivity index (χ1) is 7.33. The van der Waals surface area contributed by atoms with Gasteiger partial charge in [-0.2, -0.15) is 4.98 Å². The predicted molar refractivity (Wildman–Crippen MR) is 58.8 cm³/mol. The quantitative estimate of drug-likeness (QED) is 0.744. The molecule has 0 radical (unpaired) electrons. The zero-order valence-electron chi connectivity index (χ0n) is 9.08. The van der Waals surface area contributed by atoms with Crippen molar-refractivity contribution in [2.75, 3.05) is 0 Å². The molecule has 0 saturated heterocycles. The van der Waals surface area contributed by atoms with Crippen LogP contribution in [0.1, 0.15) is 56.7 Å². The van der Waals surface area contributed by atoms with Crippen molar-refractivity contribution in [3.63, 3.8) is 0 Å². The van der Waals surface area contributed by atoms with Crippen molar-refractivity contribution in [2.45, 2.75) is 50.8 Å². The van der Waals surface area contributed by atoms with Crippen molar-refractivity contribution in [3.8, 4) is 0 Å². The van der Waals surface area contributed by atoms with E-state index in [0.717, 1.165) is 11.7 Å². The van der Waals surface area contributed by atoms with E-state index in [4.69, 9.17) is 16.1 Å². The third kappa shape index (κ3) is 2.51. The van der Waals surface area contributed by atoms with E-state index in [1.807, 2.05) is 0 Å². The Morgan fingerprint density at radius 2 is 2.33 bits per heavy atom. The zero-order valence-corrected chi connectivity index (χ0v) is 9.83. The molecule has 1 aliphatic carbocycles. The zero-order chi connectivity index (χ0) is 10.7. The lowest BCUT2D eigenvalue weighted by molar-refractivity contribution is 0.298. The highest BCUT2D eigenvalue weighted by atomic mass is 35.5. The maximum absolute atomic E-state index is 5.64. The minimum atomic E-state index is 0.316. The third-order valence-corrected chi connectivity index (χ3v) is 3.55. The molecule has 3 nitrogen and oxygen atoms in total. The van der Waals surface area contributed by atoms with Gasteiger partial charge in [0.05, 0.1) is 0 Å². The molecule has 0 aliphatic heterocycles. The Kier molecular flexibility index (Phi) is 3.62. The predicted octanol–water partition coefficient (Wildman–Crippen LogP) is 3.49. The summed E-state index contributed by atoms with van der Waals surface area (Å²) in [6, 6.07) is 0. The summed E-state index contributed by atoms with van der Waals surface area (Å²) in [5, 5.41) is 4.01. The van der Waals surface area contributed by atoms with Gasteiger partial charge in [0.25, 0.3) is 0 Å². The Bertz CT molecular complexity index is 313. The van der Waals surface area contributed by atoms with Gasteiger partial charge in [-0.05, 0) is 18.8 Å². The molecule has 1 aromatic heterocycles. The van der Waals surface area contributed by atoms with Gasteiger partial charge >= 0.3 is 0 Å². The normalized spacial score (nSPS) is 26.8. The van der Waals surface area contributed by atoms with E-state index in [-0.39, 0.29) is 0 Å². The van der Waals surface area contributed by atoms with E-state index in [1.54, 1.807) is 0 Å². The Balaban J connectivity index is 2.03. The molecule has 2 rings (SSSR count). The molecule has 0 amide bonds. The number of alkyl halides is 1. The van der Waals surface area contributed by atoms with E-state index in [9.17, 15) is 0 Å². The summed E-state index contributed by atoms with van der Waals surface area (Å²) in [7, 11) is 0. The van der Waals surface area contributed by atoms with Crippen LogP contribution in [0, 0.1) is 5.92 Å². The molecule has 1 aromatic rings. The minimum absolute atomic E-state index is 0.316. The number of hydrogen-bond donors (Lipinski definition) is 0. The molecule has 2 unspecified atom stereocenters. The van der Waals surface area contributed by atoms with Gasteiger partial charge in [0.15, 0.2) is 5.82 Å². The van der Waals surface area contributed by atoms with Crippen LogP contribution in [0.5, 0.6) is 0 Å². The van der Waals surface area contributed by atoms with Gasteiger partial charge in [-0.15, -0.1) is 11.6 Å². The van der Waals surface area contributed by atoms with Crippen LogP contribution in [0.4, 0.5) is 0 Å². The fourth-order valence-corrected chi connectivity index (χ4v) is 2.49. The Labute approximate surface area is 95.2 Å². The number of nitrogens with zero attached hydrogens (tertiary/aromatic N) is 2. The highest BCUT2D eigenvalue weighted by molar-refractivity contribution is 6.16. The maximum atomic E-state index is 5.64. The Morgan fingerprint density at radius 1 is 1.47 bits per heavy atom. The lowest BCUT2D eigenvalue weighted by Gasteiger charge is -2.26. The van der Waals surface area contributed by atoms with Gasteiger partial charge in [-0.25, -0.2) is 0 Å². The molecule has 0 aromatic carbocycles. The first-order valence-corrected chi connectivity index (χ1v) is 6.25. The summed E-state index contributed by atoms with van der Waals surface area (Å²) in [5.74, 6) is 3.05. The molecule has 84 valence electrons. The van der Waals surface area contributed by atoms with Crippen LogP contribution in [-0.4, -0.2) is 10.1 Å². The van der Waals surface area contributed by atoms with Gasteiger partial charge < -0.3 is 4.52 Å². The Morgan fingerprint density at radius 3 is 3.00 bits per heavy atom. The number of rotatable bonds is 3. The second-order valence-electron chi connectivity index (χ2n) is 4.32. The fraction of sp³-hybridized carbons (Fsp3) is 0.818. The smallest absolute Gasteiger partial charge is 0.241 e. The number of hydrogen-bond acceptors (Lipinski definition) is 3. The van der Waals surface area contributed by atoms with Gasteiger partial charge in [0.1, 0.15) is 5.88 Å². The monoisotopic (exact) mass is 228 g/mol. The second kappa shape index (κ2) is 4.97. The molecular formula is C11H17ClN2O. The summed E-state index contributed by atoms with van der Waals surface area (Å²) in [6.45, 7) is 2.26. The van der Waals surface area contributed by atoms with Crippen molar-refractivity contribution in [2.24, 2.45) is 5.92 Å². The van der Waals surface area contributed by atoms with Crippen molar-refractivity contribution in [3.05, 3.63) is 11.7 Å². The molecule has 15 heavy (non-hydrogen) atoms. The highest BCUT2D eigenvalue weighted by Crippen LogP contribution is 2.36. The van der Waals surface area contributed by atoms with Gasteiger partial charge in [-0.1, -0.05) is 31.3 Å². The van der Waals surface area contributed by atoms with Crippen molar-refractivity contribution < 1.29 is 4.52 Å². The van der Waals surface area contributed by atoms with E-state index in [0.29, 0.717) is 17.7 Å². The molecular weight excluding hydrogens is 212 g/mol. The average molecular weight is 229 g/mol. The second-order valence-corrected chi connectivity index (χ2v) is 4.59. The van der Waals surface area contributed by atoms with Crippen LogP contribution in [0.2, 0.25) is 0 Å². The molecule has 1 fully saturated rings. The van der Waals surface area contributed by atoms with Gasteiger partial charge in [-0.3, -0.25) is 0 Å². The SMILES string of the molecule is CCC1CCCC(c2noc(CCl)n2)C1. The van der Waals surface area contributed by atoms with Gasteiger partial charge in [0.2, 0.25) is 5.89 Å². The standard InChI is InChI=1S/C11H17ClN2O/c1-2-8-4-3-5-9(6-8)11-13-10(7-12)15-14-11/h8-9H,2-7H2,1H3. The molecule has 0 spiro atoms. The summed E-state index contributed by atoms with van der Waals surface area (Å²) >= 11 is 5.64. The van der Waals surface area contributed by atoms with E-state index in [2.05, 4.69) is 17.1 Å². The molecule has 0 bridgehead atoms. The number of aromatic nitrogens is 2. The molecule has 1 saturated carbocycles. The van der Waals surface area contributed by atoms with E-state index >= 15 is 0 Å². The van der Waals surface area contributed by atoms with E-state index < -0.39 is 0 Å². The summed E-state index contributed by atoms with van der Waals surface area (Å²) in [4.78, 5) is 4.31. The van der Waals surface area contributed by atoms with Crippen LogP contribution in [0.3, 0.4) is 0 Å². The van der Waals surface area contributed by atoms with Crippen LogP contribution < -0.4 is 0 Å². The van der Waals surface area contributed by atoms with E-state index in [1.165, 1.54) is 32.1 Å². The van der Waals surface area contributed by atoms with Gasteiger partial charge in [0, 0.05) is 5.92 Å². The van der Waals surface area contributed by atoms with Crippen LogP contribution in [0.15, 0.2) is 4.52 Å². The van der Waals surface area contributed by atoms with Crippen LogP contribution in [-0.2, 0) is 5.88 Å². The highest BCUT2D eigenvalue weighted by Gasteiger charge is 2.25.